The molecule has 7 heteroatoms. The Hall–Kier alpha value is 0.433. The average Bonchev–Trinajstić information content (AvgIpc) is 3.58. The van der Waals surface area contributed by atoms with E-state index in [4.69, 9.17) is 0 Å². The predicted molar refractivity (Wildman–Crippen MR) is 203 cm³/mol. The summed E-state index contributed by atoms with van der Waals surface area (Å²) in [4.78, 5) is 0. The minimum absolute atomic E-state index is 0. The fraction of sp³-hybridized carbons (Fsp3) is 0.722. The summed E-state index contributed by atoms with van der Waals surface area (Å²) in [6, 6.07) is 13.9. The van der Waals surface area contributed by atoms with Crippen LogP contribution in [0.3, 0.4) is 0 Å². The Kier molecular flexibility index (Phi) is 14.3. The van der Waals surface area contributed by atoms with Gasteiger partial charge in [0.25, 0.3) is 0 Å². The molecule has 0 radical (unpaired) electrons. The molecule has 2 fully saturated rings. The van der Waals surface area contributed by atoms with Crippen molar-refractivity contribution in [1.29, 1.82) is 0 Å². The molecule has 0 spiro atoms. The smallest absolute Gasteiger partial charge is 0.314 e. The summed E-state index contributed by atoms with van der Waals surface area (Å²) in [5.41, 5.74) is 3.51. The summed E-state index contributed by atoms with van der Waals surface area (Å²) in [6.07, 6.45) is 9.22. The molecule has 2 aromatic rings. The maximum Gasteiger partial charge on any atom is 2.00 e. The van der Waals surface area contributed by atoms with Gasteiger partial charge in [0.2, 0.25) is 0 Å². The molecule has 2 aliphatic heterocycles. The van der Waals surface area contributed by atoms with Gasteiger partial charge in [-0.2, -0.15) is 39.7 Å². The second-order valence-corrected chi connectivity index (χ2v) is 32.0. The van der Waals surface area contributed by atoms with Crippen LogP contribution in [0.2, 0.25) is 39.3 Å². The maximum atomic E-state index is 4.07. The van der Waals surface area contributed by atoms with Crippen molar-refractivity contribution >= 4 is 43.7 Å². The summed E-state index contributed by atoms with van der Waals surface area (Å²) < 4.78 is 0. The summed E-state index contributed by atoms with van der Waals surface area (Å²) in [5.74, 6) is 0. The van der Waals surface area contributed by atoms with E-state index in [1.54, 1.807) is 16.3 Å². The topological polar surface area (TPSA) is 24.1 Å². The van der Waals surface area contributed by atoms with Crippen molar-refractivity contribution in [2.75, 3.05) is 13.1 Å². The van der Waals surface area contributed by atoms with E-state index in [0.717, 1.165) is 0 Å². The van der Waals surface area contributed by atoms with Gasteiger partial charge >= 0.3 is 17.1 Å². The molecule has 0 amide bonds. The van der Waals surface area contributed by atoms with Gasteiger partial charge in [-0.25, -0.2) is 18.2 Å². The standard InChI is InChI=1S/C31H61N2P2Si2.C5H5.Fe/c1-29(2,3)35(30(4,5)6)22-23-24(21-25(36(7,8)9)28(23)37(10,11)12)31(34,26-17-13-15-19-32-26)27-18-14-16-20-33-27;1-2-4-5-3-1;/h21,26-27,32-33H,13-20,22,34H2,1-12H3;1-5H;/q2*-1;+2. The third-order valence-corrected chi connectivity index (χ3v) is 18.8. The normalized spacial score (nSPS) is 21.9. The number of rotatable bonds is 7. The van der Waals surface area contributed by atoms with Crippen molar-refractivity contribution in [1.82, 2.24) is 10.6 Å². The first-order chi connectivity index (χ1) is 19.3. The van der Waals surface area contributed by atoms with E-state index < -0.39 is 16.1 Å². The van der Waals surface area contributed by atoms with Gasteiger partial charge in [-0.05, 0) is 60.4 Å². The van der Waals surface area contributed by atoms with Crippen molar-refractivity contribution in [3.8, 4) is 0 Å². The fourth-order valence-electron chi connectivity index (χ4n) is 7.70. The van der Waals surface area contributed by atoms with Crippen LogP contribution in [-0.2, 0) is 28.4 Å². The molecule has 0 bridgehead atoms. The van der Waals surface area contributed by atoms with Crippen LogP contribution in [0.5, 0.6) is 0 Å². The largest absolute Gasteiger partial charge is 2.00 e. The molecule has 2 aliphatic rings. The number of piperidine rings is 2. The van der Waals surface area contributed by atoms with Gasteiger partial charge in [-0.1, -0.05) is 102 Å². The molecule has 0 saturated carbocycles. The van der Waals surface area contributed by atoms with Crippen molar-refractivity contribution in [2.24, 2.45) is 0 Å². The summed E-state index contributed by atoms with van der Waals surface area (Å²) in [6.45, 7) is 33.1. The van der Waals surface area contributed by atoms with Crippen LogP contribution in [0.1, 0.15) is 91.2 Å². The third kappa shape index (κ3) is 9.97. The zero-order valence-electron chi connectivity index (χ0n) is 29.9. The molecule has 2 aromatic carbocycles. The predicted octanol–water partition coefficient (Wildman–Crippen LogP) is 8.83. The Balaban J connectivity index is 0.000000973. The van der Waals surface area contributed by atoms with Crippen LogP contribution in [0, 0.1) is 0 Å². The Labute approximate surface area is 283 Å². The first-order valence-electron chi connectivity index (χ1n) is 16.8. The van der Waals surface area contributed by atoms with E-state index >= 15 is 0 Å². The third-order valence-electron chi connectivity index (χ3n) is 9.47. The first-order valence-corrected chi connectivity index (χ1v) is 25.9. The summed E-state index contributed by atoms with van der Waals surface area (Å²) >= 11 is 0. The molecular formula is C36H66FeN2P2Si2. The van der Waals surface area contributed by atoms with Gasteiger partial charge in [0, 0.05) is 20.2 Å². The Morgan fingerprint density at radius 2 is 1.30 bits per heavy atom. The number of hydrogen-bond donors (Lipinski definition) is 2. The van der Waals surface area contributed by atoms with E-state index in [1.807, 2.05) is 35.5 Å². The molecule has 4 rings (SSSR count). The molecular weight excluding hydrogens is 634 g/mol. The molecule has 3 atom stereocenters. The first kappa shape index (κ1) is 39.6. The number of hydrogen-bond acceptors (Lipinski definition) is 2. The second-order valence-electron chi connectivity index (χ2n) is 17.2. The van der Waals surface area contributed by atoms with Crippen LogP contribution in [0.15, 0.2) is 36.4 Å². The quantitative estimate of drug-likeness (QED) is 0.171. The van der Waals surface area contributed by atoms with Crippen molar-refractivity contribution < 1.29 is 17.1 Å². The monoisotopic (exact) mass is 700 g/mol. The van der Waals surface area contributed by atoms with Crippen LogP contribution in [0.25, 0.3) is 0 Å². The van der Waals surface area contributed by atoms with E-state index in [-0.39, 0.29) is 30.1 Å². The molecule has 0 aromatic heterocycles. The van der Waals surface area contributed by atoms with E-state index in [1.165, 1.54) is 57.8 Å². The SMILES string of the molecule is CC(C)(C)P(Cc1c(C(P)(C2CCCCN2)C2CCCCN2)cc([Si](C)(C)C)[c-]1[Si](C)(C)C)C(C)(C)C.[Fe+2].c1cc[cH-]c1. The minimum Gasteiger partial charge on any atom is -0.314 e. The van der Waals surface area contributed by atoms with E-state index in [9.17, 15) is 0 Å². The average molecular weight is 701 g/mol. The molecule has 246 valence electrons. The van der Waals surface area contributed by atoms with Crippen LogP contribution >= 0.6 is 17.2 Å². The van der Waals surface area contributed by atoms with Crippen molar-refractivity contribution in [3.05, 3.63) is 47.5 Å². The van der Waals surface area contributed by atoms with E-state index in [2.05, 4.69) is 107 Å². The zero-order chi connectivity index (χ0) is 31.6. The van der Waals surface area contributed by atoms with Crippen molar-refractivity contribution in [2.45, 2.75) is 153 Å². The molecule has 0 aliphatic carbocycles. The molecule has 2 heterocycles. The summed E-state index contributed by atoms with van der Waals surface area (Å²) in [5, 5.41) is 12.5. The van der Waals surface area contributed by atoms with Gasteiger partial charge < -0.3 is 10.6 Å². The van der Waals surface area contributed by atoms with Gasteiger partial charge in [0.1, 0.15) is 0 Å². The van der Waals surface area contributed by atoms with Gasteiger partial charge in [-0.15, -0.1) is 9.24 Å². The molecule has 2 saturated heterocycles. The molecule has 43 heavy (non-hydrogen) atoms. The molecule has 2 N–H and O–H groups in total. The van der Waals surface area contributed by atoms with Gasteiger partial charge in [-0.3, -0.25) is 0 Å². The van der Waals surface area contributed by atoms with E-state index in [0.29, 0.717) is 22.4 Å². The number of nitrogens with one attached hydrogen (secondary N) is 2. The Bertz CT molecular complexity index is 1040. The molecule has 3 unspecified atom stereocenters. The fourth-order valence-corrected chi connectivity index (χ4v) is 18.0. The van der Waals surface area contributed by atoms with Crippen LogP contribution in [-0.4, -0.2) is 51.6 Å². The molecule has 2 nitrogen and oxygen atoms in total. The maximum absolute atomic E-state index is 4.07. The zero-order valence-corrected chi connectivity index (χ0v) is 35.0. The van der Waals surface area contributed by atoms with Crippen LogP contribution in [0.4, 0.5) is 0 Å². The van der Waals surface area contributed by atoms with Gasteiger partial charge in [0.15, 0.2) is 0 Å². The van der Waals surface area contributed by atoms with Crippen LogP contribution < -0.4 is 21.0 Å². The van der Waals surface area contributed by atoms with Crippen molar-refractivity contribution in [3.63, 3.8) is 0 Å². The minimum atomic E-state index is -1.58. The summed E-state index contributed by atoms with van der Waals surface area (Å²) in [7, 11) is 0.233. The Morgan fingerprint density at radius 1 is 0.837 bits per heavy atom. The van der Waals surface area contributed by atoms with Gasteiger partial charge in [0.05, 0.1) is 8.07 Å². The Morgan fingerprint density at radius 3 is 1.60 bits per heavy atom. The second kappa shape index (κ2) is 15.6.